The van der Waals surface area contributed by atoms with E-state index in [-0.39, 0.29) is 0 Å². The Morgan fingerprint density at radius 2 is 1.07 bits per heavy atom. The van der Waals surface area contributed by atoms with E-state index in [9.17, 15) is 0 Å². The standard InChI is InChI=1S/C22H14Cl2N2S4/c23-15-5-7-19-17(9-15)25-21(29-19)27-11-13-1-2-14(4-3-13)12-28-22-26-18-10-16(24)6-8-20(18)30-22/h1-10H,11-12H2. The largest absolute Gasteiger partial charge is 0.230 e. The zero-order valence-corrected chi connectivity index (χ0v) is 20.2. The number of hydrogen-bond acceptors (Lipinski definition) is 6. The highest BCUT2D eigenvalue weighted by Crippen LogP contribution is 2.34. The molecule has 2 aromatic heterocycles. The first-order chi connectivity index (χ1) is 14.6. The number of hydrogen-bond donors (Lipinski definition) is 0. The second-order valence-electron chi connectivity index (χ2n) is 6.58. The normalized spacial score (nSPS) is 11.5. The van der Waals surface area contributed by atoms with Crippen molar-refractivity contribution in [2.24, 2.45) is 0 Å². The third-order valence-corrected chi connectivity index (χ3v) is 9.38. The molecule has 0 N–H and O–H groups in total. The van der Waals surface area contributed by atoms with Gasteiger partial charge in [0.15, 0.2) is 8.68 Å². The van der Waals surface area contributed by atoms with Crippen LogP contribution in [0.3, 0.4) is 0 Å². The Hall–Kier alpha value is -1.28. The Morgan fingerprint density at radius 3 is 1.50 bits per heavy atom. The van der Waals surface area contributed by atoms with Crippen LogP contribution in [-0.4, -0.2) is 9.97 Å². The van der Waals surface area contributed by atoms with Crippen LogP contribution < -0.4 is 0 Å². The highest BCUT2D eigenvalue weighted by atomic mass is 35.5. The van der Waals surface area contributed by atoms with Gasteiger partial charge in [0.25, 0.3) is 0 Å². The molecule has 30 heavy (non-hydrogen) atoms. The van der Waals surface area contributed by atoms with Crippen LogP contribution >= 0.6 is 69.4 Å². The average molecular weight is 506 g/mol. The van der Waals surface area contributed by atoms with E-state index in [1.54, 1.807) is 46.2 Å². The number of fused-ring (bicyclic) bond motifs is 2. The topological polar surface area (TPSA) is 25.8 Å². The second-order valence-corrected chi connectivity index (χ2v) is 12.0. The molecule has 0 saturated heterocycles. The summed E-state index contributed by atoms with van der Waals surface area (Å²) >= 11 is 19.1. The van der Waals surface area contributed by atoms with Gasteiger partial charge in [0.2, 0.25) is 0 Å². The minimum absolute atomic E-state index is 0.729. The lowest BCUT2D eigenvalue weighted by atomic mass is 10.2. The van der Waals surface area contributed by atoms with Crippen molar-refractivity contribution in [3.63, 3.8) is 0 Å². The van der Waals surface area contributed by atoms with E-state index in [0.717, 1.165) is 41.3 Å². The van der Waals surface area contributed by atoms with Crippen molar-refractivity contribution in [3.05, 3.63) is 81.8 Å². The molecule has 0 bridgehead atoms. The van der Waals surface area contributed by atoms with E-state index in [1.807, 2.05) is 36.4 Å². The van der Waals surface area contributed by atoms with Gasteiger partial charge < -0.3 is 0 Å². The van der Waals surface area contributed by atoms with Crippen LogP contribution in [0.2, 0.25) is 10.0 Å². The fourth-order valence-electron chi connectivity index (χ4n) is 2.90. The third-order valence-electron chi connectivity index (χ3n) is 4.41. The molecule has 0 unspecified atom stereocenters. The summed E-state index contributed by atoms with van der Waals surface area (Å²) in [6, 6.07) is 20.5. The quantitative estimate of drug-likeness (QED) is 0.215. The van der Waals surface area contributed by atoms with E-state index >= 15 is 0 Å². The molecule has 8 heteroatoms. The van der Waals surface area contributed by atoms with Gasteiger partial charge in [0, 0.05) is 21.6 Å². The van der Waals surface area contributed by atoms with Crippen molar-refractivity contribution >= 4 is 89.8 Å². The summed E-state index contributed by atoms with van der Waals surface area (Å²) in [6.07, 6.45) is 0. The fraction of sp³-hybridized carbons (Fsp3) is 0.0909. The van der Waals surface area contributed by atoms with Crippen LogP contribution in [0.25, 0.3) is 20.4 Å². The average Bonchev–Trinajstić information content (AvgIpc) is 3.34. The highest BCUT2D eigenvalue weighted by molar-refractivity contribution is 8.00. The van der Waals surface area contributed by atoms with Gasteiger partial charge in [-0.1, -0.05) is 71.0 Å². The maximum absolute atomic E-state index is 6.05. The summed E-state index contributed by atoms with van der Waals surface area (Å²) in [5, 5.41) is 1.46. The van der Waals surface area contributed by atoms with Crippen molar-refractivity contribution in [3.8, 4) is 0 Å². The van der Waals surface area contributed by atoms with Gasteiger partial charge in [-0.2, -0.15) is 0 Å². The minimum atomic E-state index is 0.729. The van der Waals surface area contributed by atoms with Crippen LogP contribution in [0.4, 0.5) is 0 Å². The molecule has 150 valence electrons. The second kappa shape index (κ2) is 9.07. The molecule has 2 nitrogen and oxygen atoms in total. The van der Waals surface area contributed by atoms with Crippen LogP contribution in [0.15, 0.2) is 69.3 Å². The summed E-state index contributed by atoms with van der Waals surface area (Å²) in [5.74, 6) is 1.80. The van der Waals surface area contributed by atoms with Crippen molar-refractivity contribution in [1.29, 1.82) is 0 Å². The number of rotatable bonds is 6. The molecule has 0 aliphatic carbocycles. The van der Waals surface area contributed by atoms with Gasteiger partial charge in [0.05, 0.1) is 20.4 Å². The smallest absolute Gasteiger partial charge is 0.151 e. The Kier molecular flexibility index (Phi) is 6.23. The Balaban J connectivity index is 1.19. The summed E-state index contributed by atoms with van der Waals surface area (Å²) in [5.41, 5.74) is 4.53. The Morgan fingerprint density at radius 1 is 0.633 bits per heavy atom. The summed E-state index contributed by atoms with van der Waals surface area (Å²) < 4.78 is 4.49. The monoisotopic (exact) mass is 504 g/mol. The van der Waals surface area contributed by atoms with Gasteiger partial charge in [-0.3, -0.25) is 0 Å². The number of thiazole rings is 2. The van der Waals surface area contributed by atoms with E-state index in [0.29, 0.717) is 0 Å². The zero-order valence-electron chi connectivity index (χ0n) is 15.5. The summed E-state index contributed by atoms with van der Waals surface area (Å²) in [6.45, 7) is 0. The molecule has 0 spiro atoms. The molecule has 0 aliphatic rings. The lowest BCUT2D eigenvalue weighted by molar-refractivity contribution is 1.27. The summed E-state index contributed by atoms with van der Waals surface area (Å²) in [7, 11) is 0. The van der Waals surface area contributed by atoms with Crippen molar-refractivity contribution < 1.29 is 0 Å². The fourth-order valence-corrected chi connectivity index (χ4v) is 7.25. The SMILES string of the molecule is Clc1ccc2sc(SCc3ccc(CSc4nc5cc(Cl)ccc5s4)cc3)nc2c1. The van der Waals surface area contributed by atoms with Crippen LogP contribution in [-0.2, 0) is 11.5 Å². The lowest BCUT2D eigenvalue weighted by Crippen LogP contribution is -1.84. The highest BCUT2D eigenvalue weighted by Gasteiger charge is 2.07. The Labute approximate surface area is 200 Å². The van der Waals surface area contributed by atoms with Gasteiger partial charge in [-0.05, 0) is 47.5 Å². The first-order valence-electron chi connectivity index (χ1n) is 9.08. The van der Waals surface area contributed by atoms with Gasteiger partial charge in [-0.25, -0.2) is 9.97 Å². The molecule has 0 atom stereocenters. The molecule has 0 amide bonds. The predicted molar refractivity (Wildman–Crippen MR) is 135 cm³/mol. The zero-order chi connectivity index (χ0) is 20.5. The molecule has 0 fully saturated rings. The molecule has 3 aromatic carbocycles. The number of halogens is 2. The molecule has 5 aromatic rings. The molecular formula is C22H14Cl2N2S4. The Bertz CT molecular complexity index is 1230. The van der Waals surface area contributed by atoms with Crippen LogP contribution in [0.5, 0.6) is 0 Å². The van der Waals surface area contributed by atoms with Gasteiger partial charge in [0.1, 0.15) is 0 Å². The van der Waals surface area contributed by atoms with E-state index in [2.05, 4.69) is 34.2 Å². The molecular weight excluding hydrogens is 491 g/mol. The van der Waals surface area contributed by atoms with Crippen molar-refractivity contribution in [1.82, 2.24) is 9.97 Å². The molecule has 2 heterocycles. The number of thioether (sulfide) groups is 2. The number of nitrogens with zero attached hydrogens (tertiary/aromatic N) is 2. The van der Waals surface area contributed by atoms with Crippen molar-refractivity contribution in [2.75, 3.05) is 0 Å². The first kappa shape index (κ1) is 20.6. The maximum atomic E-state index is 6.05. The van der Waals surface area contributed by atoms with Crippen molar-refractivity contribution in [2.45, 2.75) is 20.2 Å². The molecule has 0 radical (unpaired) electrons. The molecule has 0 saturated carbocycles. The van der Waals surface area contributed by atoms with E-state index in [4.69, 9.17) is 23.2 Å². The maximum Gasteiger partial charge on any atom is 0.151 e. The third kappa shape index (κ3) is 4.79. The number of benzene rings is 3. The van der Waals surface area contributed by atoms with Gasteiger partial charge in [-0.15, -0.1) is 22.7 Å². The van der Waals surface area contributed by atoms with Crippen LogP contribution in [0.1, 0.15) is 11.1 Å². The lowest BCUT2D eigenvalue weighted by Gasteiger charge is -2.02. The van der Waals surface area contributed by atoms with Gasteiger partial charge >= 0.3 is 0 Å². The summed E-state index contributed by atoms with van der Waals surface area (Å²) in [4.78, 5) is 9.34. The predicted octanol–water partition coefficient (Wildman–Crippen LogP) is 8.80. The first-order valence-corrected chi connectivity index (χ1v) is 13.4. The van der Waals surface area contributed by atoms with E-state index in [1.165, 1.54) is 20.5 Å². The van der Waals surface area contributed by atoms with E-state index < -0.39 is 0 Å². The minimum Gasteiger partial charge on any atom is -0.230 e. The molecule has 5 rings (SSSR count). The molecule has 0 aliphatic heterocycles. The number of aromatic nitrogens is 2. The van der Waals surface area contributed by atoms with Crippen LogP contribution in [0, 0.1) is 0 Å².